The van der Waals surface area contributed by atoms with E-state index >= 15 is 0 Å². The quantitative estimate of drug-likeness (QED) is 0.232. The fourth-order valence-corrected chi connectivity index (χ4v) is 4.13. The van der Waals surface area contributed by atoms with Crippen molar-refractivity contribution in [3.63, 3.8) is 0 Å². The molecule has 0 radical (unpaired) electrons. The smallest absolute Gasteiger partial charge is 0.242 e. The number of hydrogen-bond acceptors (Lipinski definition) is 5. The van der Waals surface area contributed by atoms with E-state index in [2.05, 4.69) is 15.0 Å². The van der Waals surface area contributed by atoms with Gasteiger partial charge in [-0.3, -0.25) is 19.6 Å². The van der Waals surface area contributed by atoms with E-state index in [0.717, 1.165) is 21.9 Å². The van der Waals surface area contributed by atoms with Gasteiger partial charge < -0.3 is 4.57 Å². The van der Waals surface area contributed by atoms with Crippen molar-refractivity contribution in [1.29, 1.82) is 0 Å². The van der Waals surface area contributed by atoms with Gasteiger partial charge in [0, 0.05) is 40.9 Å². The Morgan fingerprint density at radius 3 is 2.58 bits per heavy atom. The van der Waals surface area contributed by atoms with Crippen LogP contribution in [0.1, 0.15) is 27.8 Å². The van der Waals surface area contributed by atoms with E-state index in [1.165, 1.54) is 6.20 Å². The molecule has 3 aromatic heterocycles. The Kier molecular flexibility index (Phi) is 4.76. The van der Waals surface area contributed by atoms with Crippen molar-refractivity contribution in [2.24, 2.45) is 0 Å². The van der Waals surface area contributed by atoms with Gasteiger partial charge in [-0.25, -0.2) is 4.98 Å². The second kappa shape index (κ2) is 7.74. The van der Waals surface area contributed by atoms with Gasteiger partial charge in [-0.05, 0) is 17.7 Å². The first kappa shape index (κ1) is 19.1. The number of carbonyl (C=O) groups excluding carboxylic acids is 2. The molecule has 0 aliphatic heterocycles. The highest BCUT2D eigenvalue weighted by molar-refractivity contribution is 6.36. The van der Waals surface area contributed by atoms with Crippen LogP contribution in [0.5, 0.6) is 0 Å². The molecule has 1 unspecified atom stereocenters. The number of benzene rings is 2. The van der Waals surface area contributed by atoms with Crippen LogP contribution in [0, 0.1) is 0 Å². The minimum atomic E-state index is -0.620. The van der Waals surface area contributed by atoms with E-state index in [4.69, 9.17) is 11.6 Å². The number of pyridine rings is 1. The molecule has 3 heterocycles. The van der Waals surface area contributed by atoms with E-state index in [-0.39, 0.29) is 10.8 Å². The summed E-state index contributed by atoms with van der Waals surface area (Å²) in [7, 11) is 0. The minimum absolute atomic E-state index is 0.218. The first-order valence-electron chi connectivity index (χ1n) is 9.57. The molecule has 0 N–H and O–H groups in total. The summed E-state index contributed by atoms with van der Waals surface area (Å²) >= 11 is 6.44. The summed E-state index contributed by atoms with van der Waals surface area (Å²) in [4.78, 5) is 37.3. The second-order valence-electron chi connectivity index (χ2n) is 7.04. The van der Waals surface area contributed by atoms with Gasteiger partial charge in [0.05, 0.1) is 5.52 Å². The third kappa shape index (κ3) is 3.27. The van der Waals surface area contributed by atoms with Crippen molar-refractivity contribution >= 4 is 45.3 Å². The summed E-state index contributed by atoms with van der Waals surface area (Å²) in [5, 5.41) is 2.72. The average molecular weight is 427 g/mol. The molecule has 5 rings (SSSR count). The summed E-state index contributed by atoms with van der Waals surface area (Å²) in [6.45, 7) is 0. The third-order valence-corrected chi connectivity index (χ3v) is 5.55. The first-order chi connectivity index (χ1) is 15.2. The van der Waals surface area contributed by atoms with Gasteiger partial charge >= 0.3 is 0 Å². The Labute approximate surface area is 182 Å². The van der Waals surface area contributed by atoms with Crippen LogP contribution in [0.25, 0.3) is 21.7 Å². The zero-order valence-corrected chi connectivity index (χ0v) is 16.9. The van der Waals surface area contributed by atoms with E-state index < -0.39 is 11.8 Å². The highest BCUT2D eigenvalue weighted by Crippen LogP contribution is 2.35. The Hall–Kier alpha value is -3.90. The van der Waals surface area contributed by atoms with Crippen molar-refractivity contribution in [2.45, 2.75) is 6.04 Å². The molecular weight excluding hydrogens is 412 g/mol. The molecule has 0 fully saturated rings. The van der Waals surface area contributed by atoms with Gasteiger partial charge in [0.15, 0.2) is 11.4 Å². The van der Waals surface area contributed by atoms with E-state index in [1.807, 2.05) is 60.8 Å². The molecule has 0 saturated carbocycles. The summed E-state index contributed by atoms with van der Waals surface area (Å²) in [5.41, 5.74) is 2.36. The SMILES string of the molecule is O=CC(=O)c1c2ccccc2cn1C(c1ccc2cccnc2c1)c1nccnc1Cl. The summed E-state index contributed by atoms with van der Waals surface area (Å²) < 4.78 is 1.75. The maximum atomic E-state index is 12.7. The van der Waals surface area contributed by atoms with Crippen LogP contribution in [0.2, 0.25) is 5.15 Å². The third-order valence-electron chi connectivity index (χ3n) is 5.26. The number of fused-ring (bicyclic) bond motifs is 2. The molecule has 150 valence electrons. The summed E-state index contributed by atoms with van der Waals surface area (Å²) in [6, 6.07) is 16.5. The molecule has 7 heteroatoms. The lowest BCUT2D eigenvalue weighted by Crippen LogP contribution is -2.19. The minimum Gasteiger partial charge on any atom is -0.330 e. The molecular formula is C24H15ClN4O2. The van der Waals surface area contributed by atoms with Gasteiger partial charge in [0.2, 0.25) is 5.78 Å². The van der Waals surface area contributed by atoms with Crippen molar-refractivity contribution in [3.8, 4) is 0 Å². The van der Waals surface area contributed by atoms with E-state index in [0.29, 0.717) is 17.4 Å². The normalized spacial score (nSPS) is 12.2. The Morgan fingerprint density at radius 1 is 0.935 bits per heavy atom. The molecule has 0 spiro atoms. The fraction of sp³-hybridized carbons (Fsp3) is 0.0417. The average Bonchev–Trinajstić information content (AvgIpc) is 3.19. The number of aldehydes is 1. The predicted octanol–water partition coefficient (Wildman–Crippen LogP) is 4.65. The van der Waals surface area contributed by atoms with Crippen molar-refractivity contribution < 1.29 is 9.59 Å². The number of ketones is 1. The van der Waals surface area contributed by atoms with E-state index in [1.54, 1.807) is 17.0 Å². The zero-order chi connectivity index (χ0) is 21.4. The largest absolute Gasteiger partial charge is 0.330 e. The number of Topliss-reactive ketones (excluding diaryl/α,β-unsaturated/α-hetero) is 1. The predicted molar refractivity (Wildman–Crippen MR) is 118 cm³/mol. The monoisotopic (exact) mass is 426 g/mol. The lowest BCUT2D eigenvalue weighted by atomic mass is 10.0. The van der Waals surface area contributed by atoms with Crippen molar-refractivity contribution in [1.82, 2.24) is 19.5 Å². The van der Waals surface area contributed by atoms with Gasteiger partial charge in [0.25, 0.3) is 0 Å². The highest BCUT2D eigenvalue weighted by atomic mass is 35.5. The lowest BCUT2D eigenvalue weighted by molar-refractivity contribution is -0.104. The molecule has 0 saturated heterocycles. The van der Waals surface area contributed by atoms with Gasteiger partial charge in [0.1, 0.15) is 17.4 Å². The molecule has 0 aliphatic rings. The second-order valence-corrected chi connectivity index (χ2v) is 7.40. The summed E-state index contributed by atoms with van der Waals surface area (Å²) in [6.07, 6.45) is 6.95. The van der Waals surface area contributed by atoms with Gasteiger partial charge in [-0.2, -0.15) is 0 Å². The standard InChI is InChI=1S/C24H15ClN4O2/c25-24-21(27-10-11-28-24)22(16-8-7-15-5-3-9-26-19(15)12-16)29-13-17-4-1-2-6-18(17)23(29)20(31)14-30/h1-14,22H. The van der Waals surface area contributed by atoms with Crippen molar-refractivity contribution in [2.75, 3.05) is 0 Å². The molecule has 5 aromatic rings. The number of hydrogen-bond donors (Lipinski definition) is 0. The zero-order valence-electron chi connectivity index (χ0n) is 16.1. The Balaban J connectivity index is 1.84. The fourth-order valence-electron chi connectivity index (χ4n) is 3.92. The van der Waals surface area contributed by atoms with Crippen LogP contribution in [0.4, 0.5) is 0 Å². The van der Waals surface area contributed by atoms with Crippen LogP contribution in [-0.4, -0.2) is 31.6 Å². The Bertz CT molecular complexity index is 1460. The molecule has 0 bridgehead atoms. The van der Waals surface area contributed by atoms with Crippen LogP contribution in [0.15, 0.2) is 79.4 Å². The first-order valence-corrected chi connectivity index (χ1v) is 9.95. The molecule has 6 nitrogen and oxygen atoms in total. The van der Waals surface area contributed by atoms with Crippen LogP contribution < -0.4 is 0 Å². The Morgan fingerprint density at radius 2 is 1.74 bits per heavy atom. The van der Waals surface area contributed by atoms with Crippen LogP contribution >= 0.6 is 11.6 Å². The molecule has 31 heavy (non-hydrogen) atoms. The number of halogens is 1. The highest BCUT2D eigenvalue weighted by Gasteiger charge is 2.27. The maximum absolute atomic E-state index is 12.7. The number of rotatable bonds is 5. The topological polar surface area (TPSA) is 77.7 Å². The van der Waals surface area contributed by atoms with Crippen LogP contribution in [-0.2, 0) is 4.79 Å². The number of carbonyl (C=O) groups is 2. The number of aromatic nitrogens is 4. The molecule has 2 aromatic carbocycles. The number of nitrogens with zero attached hydrogens (tertiary/aromatic N) is 4. The lowest BCUT2D eigenvalue weighted by Gasteiger charge is -2.22. The van der Waals surface area contributed by atoms with E-state index in [9.17, 15) is 9.59 Å². The summed E-state index contributed by atoms with van der Waals surface area (Å²) in [5.74, 6) is -0.620. The van der Waals surface area contributed by atoms with Crippen LogP contribution in [0.3, 0.4) is 0 Å². The maximum Gasteiger partial charge on any atom is 0.242 e. The molecule has 0 amide bonds. The molecule has 1 atom stereocenters. The van der Waals surface area contributed by atoms with Crippen molar-refractivity contribution in [3.05, 3.63) is 101 Å². The van der Waals surface area contributed by atoms with Gasteiger partial charge in [-0.15, -0.1) is 0 Å². The van der Waals surface area contributed by atoms with Gasteiger partial charge in [-0.1, -0.05) is 54.1 Å². The molecule has 0 aliphatic carbocycles.